The maximum absolute atomic E-state index is 11.2. The predicted molar refractivity (Wildman–Crippen MR) is 72.3 cm³/mol. The Bertz CT molecular complexity index is 364. The quantitative estimate of drug-likeness (QED) is 0.671. The second kappa shape index (κ2) is 6.77. The van der Waals surface area contributed by atoms with Crippen molar-refractivity contribution in [3.63, 3.8) is 0 Å². The average molecular weight is 300 g/mol. The summed E-state index contributed by atoms with van der Waals surface area (Å²) in [5, 5.41) is 3.29. The Morgan fingerprint density at radius 1 is 1.41 bits per heavy atom. The molecule has 1 N–H and O–H groups in total. The molecular weight excluding hydrogens is 282 g/mol. The third-order valence-electron chi connectivity index (χ3n) is 2.64. The van der Waals surface area contributed by atoms with Crippen molar-refractivity contribution in [3.05, 3.63) is 35.4 Å². The number of aryl methyl sites for hydroxylation is 1. The zero-order valence-electron chi connectivity index (χ0n) is 10.4. The maximum Gasteiger partial charge on any atom is 0.320 e. The van der Waals surface area contributed by atoms with Gasteiger partial charge in [0.2, 0.25) is 0 Å². The Kier molecular flexibility index (Phi) is 5.65. The molecule has 0 aromatic heterocycles. The van der Waals surface area contributed by atoms with Crippen LogP contribution in [0.1, 0.15) is 24.1 Å². The number of hydrogen-bond donors (Lipinski definition) is 1. The minimum absolute atomic E-state index is 0.209. The van der Waals surface area contributed by atoms with E-state index in [1.807, 2.05) is 0 Å². The van der Waals surface area contributed by atoms with Crippen molar-refractivity contribution in [3.8, 4) is 0 Å². The van der Waals surface area contributed by atoms with Gasteiger partial charge in [-0.15, -0.1) is 0 Å². The number of esters is 1. The SMILES string of the molecule is COC(=O)C(Br)CN[C@@H](C)c1ccc(C)cc1. The molecule has 94 valence electrons. The molecule has 0 spiro atoms. The van der Waals surface area contributed by atoms with Crippen LogP contribution in [-0.2, 0) is 9.53 Å². The standard InChI is InChI=1S/C13H18BrNO2/c1-9-4-6-11(7-5-9)10(2)15-8-12(14)13(16)17-3/h4-7,10,12,15H,8H2,1-3H3/t10-,12?/m0/s1. The van der Waals surface area contributed by atoms with Crippen LogP contribution in [0.2, 0.25) is 0 Å². The lowest BCUT2D eigenvalue weighted by molar-refractivity contribution is -0.139. The molecule has 0 aliphatic carbocycles. The van der Waals surface area contributed by atoms with Crippen LogP contribution in [0.4, 0.5) is 0 Å². The van der Waals surface area contributed by atoms with Crippen LogP contribution in [0.25, 0.3) is 0 Å². The molecule has 4 heteroatoms. The molecule has 17 heavy (non-hydrogen) atoms. The summed E-state index contributed by atoms with van der Waals surface area (Å²) in [5.41, 5.74) is 2.45. The van der Waals surface area contributed by atoms with Crippen molar-refractivity contribution in [1.82, 2.24) is 5.32 Å². The molecule has 0 aliphatic heterocycles. The van der Waals surface area contributed by atoms with Crippen molar-refractivity contribution >= 4 is 21.9 Å². The number of rotatable bonds is 5. The molecule has 1 aromatic rings. The fourth-order valence-corrected chi connectivity index (χ4v) is 1.84. The van der Waals surface area contributed by atoms with E-state index in [4.69, 9.17) is 0 Å². The Morgan fingerprint density at radius 3 is 2.53 bits per heavy atom. The average Bonchev–Trinajstić information content (AvgIpc) is 2.35. The van der Waals surface area contributed by atoms with E-state index >= 15 is 0 Å². The van der Waals surface area contributed by atoms with Gasteiger partial charge in [0.05, 0.1) is 7.11 Å². The molecule has 1 unspecified atom stereocenters. The zero-order valence-corrected chi connectivity index (χ0v) is 12.0. The van der Waals surface area contributed by atoms with Gasteiger partial charge in [-0.3, -0.25) is 4.79 Å². The van der Waals surface area contributed by atoms with Gasteiger partial charge < -0.3 is 10.1 Å². The Balaban J connectivity index is 2.47. The number of ether oxygens (including phenoxy) is 1. The molecule has 3 nitrogen and oxygen atoms in total. The molecule has 2 atom stereocenters. The van der Waals surface area contributed by atoms with E-state index in [0.29, 0.717) is 6.54 Å². The van der Waals surface area contributed by atoms with Crippen LogP contribution in [-0.4, -0.2) is 24.5 Å². The highest BCUT2D eigenvalue weighted by atomic mass is 79.9. The molecule has 1 rings (SSSR count). The zero-order chi connectivity index (χ0) is 12.8. The van der Waals surface area contributed by atoms with E-state index in [-0.39, 0.29) is 16.8 Å². The topological polar surface area (TPSA) is 38.3 Å². The second-order valence-corrected chi connectivity index (χ2v) is 5.14. The maximum atomic E-state index is 11.2. The Labute approximate surface area is 111 Å². The van der Waals surface area contributed by atoms with Gasteiger partial charge in [-0.05, 0) is 19.4 Å². The molecule has 0 heterocycles. The van der Waals surface area contributed by atoms with Gasteiger partial charge in [-0.1, -0.05) is 45.8 Å². The fraction of sp³-hybridized carbons (Fsp3) is 0.462. The molecule has 0 bridgehead atoms. The number of methoxy groups -OCH3 is 1. The van der Waals surface area contributed by atoms with Crippen molar-refractivity contribution in [2.75, 3.05) is 13.7 Å². The van der Waals surface area contributed by atoms with Crippen molar-refractivity contribution in [1.29, 1.82) is 0 Å². The largest absolute Gasteiger partial charge is 0.468 e. The smallest absolute Gasteiger partial charge is 0.320 e. The number of carbonyl (C=O) groups is 1. The summed E-state index contributed by atoms with van der Waals surface area (Å²) in [6.07, 6.45) is 0. The lowest BCUT2D eigenvalue weighted by Crippen LogP contribution is -2.31. The van der Waals surface area contributed by atoms with E-state index in [1.165, 1.54) is 18.2 Å². The van der Waals surface area contributed by atoms with E-state index in [0.717, 1.165) is 0 Å². The molecule has 0 aliphatic rings. The van der Waals surface area contributed by atoms with Gasteiger partial charge in [-0.2, -0.15) is 0 Å². The highest BCUT2D eigenvalue weighted by Crippen LogP contribution is 2.13. The molecule has 0 radical (unpaired) electrons. The van der Waals surface area contributed by atoms with E-state index < -0.39 is 0 Å². The number of halogens is 1. The molecule has 0 saturated heterocycles. The van der Waals surface area contributed by atoms with Gasteiger partial charge >= 0.3 is 5.97 Å². The van der Waals surface area contributed by atoms with Crippen LogP contribution >= 0.6 is 15.9 Å². The summed E-state index contributed by atoms with van der Waals surface area (Å²) in [6, 6.07) is 8.56. The van der Waals surface area contributed by atoms with Crippen molar-refractivity contribution in [2.24, 2.45) is 0 Å². The minimum atomic E-state index is -0.305. The number of nitrogens with one attached hydrogen (secondary N) is 1. The monoisotopic (exact) mass is 299 g/mol. The minimum Gasteiger partial charge on any atom is -0.468 e. The van der Waals surface area contributed by atoms with Crippen molar-refractivity contribution < 1.29 is 9.53 Å². The van der Waals surface area contributed by atoms with Crippen LogP contribution in [0.5, 0.6) is 0 Å². The van der Waals surface area contributed by atoms with Gasteiger partial charge in [0.1, 0.15) is 4.83 Å². The number of hydrogen-bond acceptors (Lipinski definition) is 3. The molecule has 0 fully saturated rings. The molecule has 0 saturated carbocycles. The number of benzene rings is 1. The third-order valence-corrected chi connectivity index (χ3v) is 3.34. The summed E-state index contributed by atoms with van der Waals surface area (Å²) >= 11 is 3.28. The summed E-state index contributed by atoms with van der Waals surface area (Å²) in [5.74, 6) is -0.256. The normalized spacial score (nSPS) is 14.1. The van der Waals surface area contributed by atoms with Crippen molar-refractivity contribution in [2.45, 2.75) is 24.7 Å². The first kappa shape index (κ1) is 14.2. The van der Waals surface area contributed by atoms with E-state index in [2.05, 4.69) is 64.1 Å². The second-order valence-electron chi connectivity index (χ2n) is 4.03. The fourth-order valence-electron chi connectivity index (χ4n) is 1.46. The third kappa shape index (κ3) is 4.48. The van der Waals surface area contributed by atoms with Crippen LogP contribution in [0.3, 0.4) is 0 Å². The van der Waals surface area contributed by atoms with E-state index in [9.17, 15) is 4.79 Å². The van der Waals surface area contributed by atoms with Gasteiger partial charge in [0.15, 0.2) is 0 Å². The van der Waals surface area contributed by atoms with Crippen LogP contribution in [0.15, 0.2) is 24.3 Å². The first-order valence-electron chi connectivity index (χ1n) is 5.56. The summed E-state index contributed by atoms with van der Waals surface area (Å²) in [6.45, 7) is 4.68. The Hall–Kier alpha value is -0.870. The van der Waals surface area contributed by atoms with E-state index in [1.54, 1.807) is 0 Å². The molecule has 1 aromatic carbocycles. The lowest BCUT2D eigenvalue weighted by Gasteiger charge is -2.16. The lowest BCUT2D eigenvalue weighted by atomic mass is 10.1. The summed E-state index contributed by atoms with van der Waals surface area (Å²) in [4.78, 5) is 10.9. The molecule has 0 amide bonds. The number of alkyl halides is 1. The summed E-state index contributed by atoms with van der Waals surface area (Å²) < 4.78 is 4.64. The van der Waals surface area contributed by atoms with Gasteiger partial charge in [-0.25, -0.2) is 0 Å². The van der Waals surface area contributed by atoms with Gasteiger partial charge in [0, 0.05) is 12.6 Å². The first-order valence-corrected chi connectivity index (χ1v) is 6.48. The van der Waals surface area contributed by atoms with Gasteiger partial charge in [0.25, 0.3) is 0 Å². The Morgan fingerprint density at radius 2 is 2.00 bits per heavy atom. The first-order chi connectivity index (χ1) is 8.04. The molecular formula is C13H18BrNO2. The highest BCUT2D eigenvalue weighted by molar-refractivity contribution is 9.10. The number of carbonyl (C=O) groups excluding carboxylic acids is 1. The van der Waals surface area contributed by atoms with Crippen LogP contribution < -0.4 is 5.32 Å². The summed E-state index contributed by atoms with van der Waals surface area (Å²) in [7, 11) is 1.39. The predicted octanol–water partition coefficient (Wildman–Crippen LogP) is 2.58. The highest BCUT2D eigenvalue weighted by Gasteiger charge is 2.16. The van der Waals surface area contributed by atoms with Crippen LogP contribution in [0, 0.1) is 6.92 Å².